The first kappa shape index (κ1) is 12.8. The third-order valence-corrected chi connectivity index (χ3v) is 3.02. The first-order chi connectivity index (χ1) is 8.84. The van der Waals surface area contributed by atoms with E-state index in [1.54, 1.807) is 0 Å². The third-order valence-electron chi connectivity index (χ3n) is 3.02. The normalized spacial score (nSPS) is 11.0. The Labute approximate surface area is 108 Å². The lowest BCUT2D eigenvalue weighted by atomic mass is 10.2. The minimum Gasteiger partial charge on any atom is -0.306 e. The lowest BCUT2D eigenvalue weighted by Crippen LogP contribution is -2.23. The zero-order valence-electron chi connectivity index (χ0n) is 10.9. The van der Waals surface area contributed by atoms with Gasteiger partial charge in [0, 0.05) is 37.9 Å². The molecule has 4 nitrogen and oxygen atoms in total. The number of hydrogen-bond acceptors (Lipinski definition) is 3. The summed E-state index contributed by atoms with van der Waals surface area (Å²) in [5.74, 6) is 0. The van der Waals surface area contributed by atoms with Crippen molar-refractivity contribution >= 4 is 0 Å². The summed E-state index contributed by atoms with van der Waals surface area (Å²) in [6, 6.07) is 6.13. The summed E-state index contributed by atoms with van der Waals surface area (Å²) in [5, 5.41) is 4.20. The standard InChI is InChI=1S/C14H20N4/c1-17(10-3-12-18-11-2-7-16-18)13-6-14-4-8-15-9-5-14/h2,4-5,7-9,11H,3,6,10,12-13H2,1H3. The van der Waals surface area contributed by atoms with E-state index in [4.69, 9.17) is 0 Å². The quantitative estimate of drug-likeness (QED) is 0.745. The molecule has 0 N–H and O–H groups in total. The maximum absolute atomic E-state index is 4.20. The summed E-state index contributed by atoms with van der Waals surface area (Å²) in [5.41, 5.74) is 1.35. The molecule has 0 spiro atoms. The Hall–Kier alpha value is -1.68. The van der Waals surface area contributed by atoms with E-state index in [1.807, 2.05) is 35.5 Å². The van der Waals surface area contributed by atoms with Crippen molar-refractivity contribution < 1.29 is 0 Å². The molecule has 0 saturated carbocycles. The van der Waals surface area contributed by atoms with Crippen LogP contribution < -0.4 is 0 Å². The van der Waals surface area contributed by atoms with Crippen molar-refractivity contribution in [3.05, 3.63) is 48.5 Å². The van der Waals surface area contributed by atoms with E-state index < -0.39 is 0 Å². The minimum absolute atomic E-state index is 0.993. The highest BCUT2D eigenvalue weighted by Gasteiger charge is 1.99. The SMILES string of the molecule is CN(CCCn1cccn1)CCc1ccncc1. The van der Waals surface area contributed by atoms with Gasteiger partial charge in [0.25, 0.3) is 0 Å². The molecule has 0 aliphatic rings. The van der Waals surface area contributed by atoms with E-state index in [9.17, 15) is 0 Å². The zero-order chi connectivity index (χ0) is 12.6. The Balaban J connectivity index is 1.62. The average molecular weight is 244 g/mol. The Bertz CT molecular complexity index is 424. The molecule has 0 aliphatic heterocycles. The fourth-order valence-corrected chi connectivity index (χ4v) is 1.92. The number of nitrogens with zero attached hydrogens (tertiary/aromatic N) is 4. The van der Waals surface area contributed by atoms with E-state index in [2.05, 4.69) is 34.2 Å². The van der Waals surface area contributed by atoms with Gasteiger partial charge in [-0.15, -0.1) is 0 Å². The summed E-state index contributed by atoms with van der Waals surface area (Å²) < 4.78 is 1.98. The predicted molar refractivity (Wildman–Crippen MR) is 72.3 cm³/mol. The van der Waals surface area contributed by atoms with E-state index in [1.165, 1.54) is 5.56 Å². The minimum atomic E-state index is 0.993. The highest BCUT2D eigenvalue weighted by atomic mass is 15.3. The molecule has 2 heterocycles. The molecule has 0 saturated heterocycles. The molecule has 0 unspecified atom stereocenters. The molecule has 96 valence electrons. The zero-order valence-corrected chi connectivity index (χ0v) is 10.9. The van der Waals surface area contributed by atoms with Crippen molar-refractivity contribution in [2.45, 2.75) is 19.4 Å². The van der Waals surface area contributed by atoms with Crippen LogP contribution in [0.1, 0.15) is 12.0 Å². The maximum Gasteiger partial charge on any atom is 0.0489 e. The molecule has 0 radical (unpaired) electrons. The second-order valence-electron chi connectivity index (χ2n) is 4.53. The molecule has 4 heteroatoms. The lowest BCUT2D eigenvalue weighted by molar-refractivity contribution is 0.322. The smallest absolute Gasteiger partial charge is 0.0489 e. The van der Waals surface area contributed by atoms with Crippen LogP contribution in [0.2, 0.25) is 0 Å². The monoisotopic (exact) mass is 244 g/mol. The van der Waals surface area contributed by atoms with Gasteiger partial charge in [0.05, 0.1) is 0 Å². The maximum atomic E-state index is 4.20. The number of pyridine rings is 1. The Kier molecular flexibility index (Phi) is 4.90. The molecular formula is C14H20N4. The fraction of sp³-hybridized carbons (Fsp3) is 0.429. The molecule has 18 heavy (non-hydrogen) atoms. The van der Waals surface area contributed by atoms with Gasteiger partial charge in [-0.25, -0.2) is 0 Å². The lowest BCUT2D eigenvalue weighted by Gasteiger charge is -2.16. The van der Waals surface area contributed by atoms with Crippen LogP contribution >= 0.6 is 0 Å². The van der Waals surface area contributed by atoms with Crippen LogP contribution in [0.5, 0.6) is 0 Å². The molecule has 2 aromatic heterocycles. The van der Waals surface area contributed by atoms with Crippen LogP contribution in [0.25, 0.3) is 0 Å². The molecule has 2 aromatic rings. The van der Waals surface area contributed by atoms with Gasteiger partial charge in [-0.2, -0.15) is 5.10 Å². The summed E-state index contributed by atoms with van der Waals surface area (Å²) in [7, 11) is 2.17. The molecular weight excluding hydrogens is 224 g/mol. The largest absolute Gasteiger partial charge is 0.306 e. The summed E-state index contributed by atoms with van der Waals surface area (Å²) >= 11 is 0. The molecule has 2 rings (SSSR count). The van der Waals surface area contributed by atoms with E-state index in [0.717, 1.165) is 32.5 Å². The fourth-order valence-electron chi connectivity index (χ4n) is 1.92. The van der Waals surface area contributed by atoms with Gasteiger partial charge < -0.3 is 4.90 Å². The van der Waals surface area contributed by atoms with Gasteiger partial charge in [0.2, 0.25) is 0 Å². The van der Waals surface area contributed by atoms with Crippen LogP contribution in [-0.2, 0) is 13.0 Å². The van der Waals surface area contributed by atoms with Gasteiger partial charge >= 0.3 is 0 Å². The molecule has 0 bridgehead atoms. The number of rotatable bonds is 7. The summed E-state index contributed by atoms with van der Waals surface area (Å²) in [4.78, 5) is 6.39. The van der Waals surface area contributed by atoms with Crippen molar-refractivity contribution in [1.82, 2.24) is 19.7 Å². The Morgan fingerprint density at radius 3 is 2.72 bits per heavy atom. The molecule has 0 fully saturated rings. The van der Waals surface area contributed by atoms with Crippen LogP contribution in [0.3, 0.4) is 0 Å². The Morgan fingerprint density at radius 2 is 2.00 bits per heavy atom. The number of aromatic nitrogens is 3. The number of likely N-dealkylation sites (N-methyl/N-ethyl adjacent to an activating group) is 1. The van der Waals surface area contributed by atoms with Gasteiger partial charge in [-0.1, -0.05) is 0 Å². The van der Waals surface area contributed by atoms with Crippen LogP contribution in [0.15, 0.2) is 43.0 Å². The summed E-state index contributed by atoms with van der Waals surface area (Å²) in [6.45, 7) is 3.18. The second kappa shape index (κ2) is 6.91. The number of aryl methyl sites for hydroxylation is 1. The van der Waals surface area contributed by atoms with Gasteiger partial charge in [-0.05, 0) is 50.2 Å². The van der Waals surface area contributed by atoms with E-state index in [-0.39, 0.29) is 0 Å². The van der Waals surface area contributed by atoms with Gasteiger partial charge in [0.15, 0.2) is 0 Å². The average Bonchev–Trinajstić information content (AvgIpc) is 2.91. The predicted octanol–water partition coefficient (Wildman–Crippen LogP) is 1.84. The second-order valence-corrected chi connectivity index (χ2v) is 4.53. The van der Waals surface area contributed by atoms with Crippen molar-refractivity contribution in [2.75, 3.05) is 20.1 Å². The van der Waals surface area contributed by atoms with Crippen LogP contribution in [0.4, 0.5) is 0 Å². The van der Waals surface area contributed by atoms with Gasteiger partial charge in [-0.3, -0.25) is 9.67 Å². The first-order valence-corrected chi connectivity index (χ1v) is 6.39. The topological polar surface area (TPSA) is 34.0 Å². The Morgan fingerprint density at radius 1 is 1.17 bits per heavy atom. The molecule has 0 atom stereocenters. The molecule has 0 aromatic carbocycles. The van der Waals surface area contributed by atoms with Crippen molar-refractivity contribution in [3.8, 4) is 0 Å². The third kappa shape index (κ3) is 4.30. The van der Waals surface area contributed by atoms with Gasteiger partial charge in [0.1, 0.15) is 0 Å². The van der Waals surface area contributed by atoms with Crippen molar-refractivity contribution in [2.24, 2.45) is 0 Å². The first-order valence-electron chi connectivity index (χ1n) is 6.39. The van der Waals surface area contributed by atoms with Crippen molar-refractivity contribution in [1.29, 1.82) is 0 Å². The highest BCUT2D eigenvalue weighted by molar-refractivity contribution is 5.09. The van der Waals surface area contributed by atoms with Crippen molar-refractivity contribution in [3.63, 3.8) is 0 Å². The summed E-state index contributed by atoms with van der Waals surface area (Å²) in [6.07, 6.45) is 9.76. The van der Waals surface area contributed by atoms with E-state index >= 15 is 0 Å². The van der Waals surface area contributed by atoms with Crippen LogP contribution in [-0.4, -0.2) is 39.8 Å². The number of hydrogen-bond donors (Lipinski definition) is 0. The van der Waals surface area contributed by atoms with E-state index in [0.29, 0.717) is 0 Å². The van der Waals surface area contributed by atoms with Crippen LogP contribution in [0, 0.1) is 0 Å². The molecule has 0 amide bonds. The molecule has 0 aliphatic carbocycles. The highest BCUT2D eigenvalue weighted by Crippen LogP contribution is 2.00.